The zero-order valence-corrected chi connectivity index (χ0v) is 17.5. The number of carbonyl (C=O) groups is 1. The summed E-state index contributed by atoms with van der Waals surface area (Å²) in [6.45, 7) is 3.96. The van der Waals surface area contributed by atoms with Gasteiger partial charge in [0.1, 0.15) is 0 Å². The highest BCUT2D eigenvalue weighted by Gasteiger charge is 2.21. The Balaban J connectivity index is 1.23. The molecule has 2 aromatic carbocycles. The van der Waals surface area contributed by atoms with Crippen molar-refractivity contribution >= 4 is 28.4 Å². The van der Waals surface area contributed by atoms with Crippen LogP contribution in [-0.2, 0) is 13.5 Å². The molecule has 1 aliphatic heterocycles. The molecule has 1 fully saturated rings. The third-order valence-electron chi connectivity index (χ3n) is 5.86. The molecule has 0 saturated carbocycles. The number of carbonyl (C=O) groups excluding carboxylic acids is 1. The molecule has 0 aliphatic carbocycles. The second-order valence-corrected chi connectivity index (χ2v) is 8.30. The van der Waals surface area contributed by atoms with Gasteiger partial charge in [0.25, 0.3) is 5.91 Å². The number of hydrogen-bond acceptors (Lipinski definition) is 3. The molecule has 1 N–H and O–H groups in total. The Hall–Kier alpha value is -2.37. The Kier molecular flexibility index (Phi) is 6.16. The van der Waals surface area contributed by atoms with E-state index in [2.05, 4.69) is 27.4 Å². The number of nitrogens with zero attached hydrogens (tertiary/aromatic N) is 3. The number of likely N-dealkylation sites (tertiary alicyclic amines) is 1. The van der Waals surface area contributed by atoms with Crippen LogP contribution in [0.1, 0.15) is 28.9 Å². The Bertz CT molecular complexity index is 974. The van der Waals surface area contributed by atoms with Crippen LogP contribution in [0.2, 0.25) is 5.02 Å². The van der Waals surface area contributed by atoms with Gasteiger partial charge in [-0.3, -0.25) is 9.48 Å². The van der Waals surface area contributed by atoms with Gasteiger partial charge >= 0.3 is 0 Å². The van der Waals surface area contributed by atoms with E-state index in [1.54, 1.807) is 4.68 Å². The van der Waals surface area contributed by atoms with Gasteiger partial charge in [-0.2, -0.15) is 5.10 Å². The molecule has 0 spiro atoms. The van der Waals surface area contributed by atoms with Crippen molar-refractivity contribution in [2.75, 3.05) is 26.2 Å². The van der Waals surface area contributed by atoms with Gasteiger partial charge in [-0.15, -0.1) is 0 Å². The Morgan fingerprint density at radius 1 is 1.14 bits per heavy atom. The standard InChI is InChI=1S/C23H27ClN4O/c1-27-21-5-3-2-4-20(21)22(26-27)23(29)25-16-18-11-14-28(15-12-18)13-10-17-6-8-19(24)9-7-17/h2-9,18H,10-16H2,1H3,(H,25,29). The van der Waals surface area contributed by atoms with Crippen LogP contribution in [-0.4, -0.2) is 46.8 Å². The Morgan fingerprint density at radius 2 is 1.86 bits per heavy atom. The summed E-state index contributed by atoms with van der Waals surface area (Å²) in [7, 11) is 1.87. The summed E-state index contributed by atoms with van der Waals surface area (Å²) in [6.07, 6.45) is 3.28. The molecule has 152 valence electrons. The molecule has 5 nitrogen and oxygen atoms in total. The fraction of sp³-hybridized carbons (Fsp3) is 0.391. The SMILES string of the molecule is Cn1nc(C(=O)NCC2CCN(CCc3ccc(Cl)cc3)CC2)c2ccccc21. The molecule has 29 heavy (non-hydrogen) atoms. The van der Waals surface area contributed by atoms with E-state index in [4.69, 9.17) is 11.6 Å². The molecule has 2 heterocycles. The average Bonchev–Trinajstić information content (AvgIpc) is 3.09. The maximum Gasteiger partial charge on any atom is 0.272 e. The number of fused-ring (bicyclic) bond motifs is 1. The van der Waals surface area contributed by atoms with Gasteiger partial charge in [0, 0.05) is 30.5 Å². The lowest BCUT2D eigenvalue weighted by atomic mass is 9.96. The average molecular weight is 411 g/mol. The highest BCUT2D eigenvalue weighted by molar-refractivity contribution is 6.30. The molecule has 1 saturated heterocycles. The first-order valence-corrected chi connectivity index (χ1v) is 10.6. The van der Waals surface area contributed by atoms with E-state index in [1.807, 2.05) is 43.4 Å². The number of para-hydroxylation sites is 1. The summed E-state index contributed by atoms with van der Waals surface area (Å²) < 4.78 is 1.77. The van der Waals surface area contributed by atoms with Gasteiger partial charge in [0.15, 0.2) is 5.69 Å². The third-order valence-corrected chi connectivity index (χ3v) is 6.11. The number of rotatable bonds is 6. The molecule has 0 radical (unpaired) electrons. The summed E-state index contributed by atoms with van der Waals surface area (Å²) in [4.78, 5) is 15.2. The maximum absolute atomic E-state index is 12.7. The predicted octanol–water partition coefficient (Wildman–Crippen LogP) is 3.91. The Labute approximate surface area is 176 Å². The predicted molar refractivity (Wildman–Crippen MR) is 117 cm³/mol. The van der Waals surface area contributed by atoms with Crippen molar-refractivity contribution in [2.24, 2.45) is 13.0 Å². The van der Waals surface area contributed by atoms with Crippen LogP contribution in [0.5, 0.6) is 0 Å². The first-order chi connectivity index (χ1) is 14.1. The number of amides is 1. The van der Waals surface area contributed by atoms with Crippen molar-refractivity contribution in [3.8, 4) is 0 Å². The van der Waals surface area contributed by atoms with Crippen molar-refractivity contribution in [2.45, 2.75) is 19.3 Å². The minimum Gasteiger partial charge on any atom is -0.350 e. The van der Waals surface area contributed by atoms with E-state index >= 15 is 0 Å². The van der Waals surface area contributed by atoms with Gasteiger partial charge < -0.3 is 10.2 Å². The van der Waals surface area contributed by atoms with Crippen LogP contribution >= 0.6 is 11.6 Å². The quantitative estimate of drug-likeness (QED) is 0.670. The molecular weight excluding hydrogens is 384 g/mol. The third kappa shape index (κ3) is 4.80. The van der Waals surface area contributed by atoms with E-state index in [-0.39, 0.29) is 5.91 Å². The lowest BCUT2D eigenvalue weighted by molar-refractivity contribution is 0.0932. The van der Waals surface area contributed by atoms with E-state index in [0.29, 0.717) is 11.6 Å². The molecule has 4 rings (SSSR count). The molecule has 0 bridgehead atoms. The molecule has 1 amide bonds. The zero-order valence-electron chi connectivity index (χ0n) is 16.8. The molecule has 1 aromatic heterocycles. The van der Waals surface area contributed by atoms with Gasteiger partial charge in [0.2, 0.25) is 0 Å². The number of hydrogen-bond donors (Lipinski definition) is 1. The number of nitrogens with one attached hydrogen (secondary N) is 1. The van der Waals surface area contributed by atoms with Crippen molar-refractivity contribution in [1.29, 1.82) is 0 Å². The lowest BCUT2D eigenvalue weighted by Crippen LogP contribution is -2.39. The molecule has 0 unspecified atom stereocenters. The lowest BCUT2D eigenvalue weighted by Gasteiger charge is -2.32. The number of piperidine rings is 1. The molecule has 0 atom stereocenters. The van der Waals surface area contributed by atoms with Crippen LogP contribution < -0.4 is 5.32 Å². The van der Waals surface area contributed by atoms with E-state index in [0.717, 1.165) is 61.4 Å². The van der Waals surface area contributed by atoms with E-state index in [9.17, 15) is 4.79 Å². The normalized spacial score (nSPS) is 15.7. The number of benzene rings is 2. The topological polar surface area (TPSA) is 50.2 Å². The highest BCUT2D eigenvalue weighted by atomic mass is 35.5. The second kappa shape index (κ2) is 8.97. The van der Waals surface area contributed by atoms with Gasteiger partial charge in [-0.25, -0.2) is 0 Å². The van der Waals surface area contributed by atoms with Crippen LogP contribution in [0.15, 0.2) is 48.5 Å². The van der Waals surface area contributed by atoms with Gasteiger partial charge in [0.05, 0.1) is 5.52 Å². The first kappa shape index (κ1) is 19.9. The summed E-state index contributed by atoms with van der Waals surface area (Å²) in [5, 5.41) is 9.21. The smallest absolute Gasteiger partial charge is 0.272 e. The summed E-state index contributed by atoms with van der Waals surface area (Å²) in [5.74, 6) is 0.452. The number of halogens is 1. The summed E-state index contributed by atoms with van der Waals surface area (Å²) >= 11 is 5.95. The number of aromatic nitrogens is 2. The number of aryl methyl sites for hydroxylation is 1. The van der Waals surface area contributed by atoms with Crippen molar-refractivity contribution in [3.05, 3.63) is 64.8 Å². The van der Waals surface area contributed by atoms with Crippen LogP contribution in [0, 0.1) is 5.92 Å². The first-order valence-electron chi connectivity index (χ1n) is 10.3. The largest absolute Gasteiger partial charge is 0.350 e. The second-order valence-electron chi connectivity index (χ2n) is 7.86. The van der Waals surface area contributed by atoms with Crippen LogP contribution in [0.3, 0.4) is 0 Å². The monoisotopic (exact) mass is 410 g/mol. The summed E-state index contributed by atoms with van der Waals surface area (Å²) in [5.41, 5.74) is 2.82. The highest BCUT2D eigenvalue weighted by Crippen LogP contribution is 2.19. The van der Waals surface area contributed by atoms with Crippen molar-refractivity contribution < 1.29 is 4.79 Å². The van der Waals surface area contributed by atoms with Gasteiger partial charge in [-0.05, 0) is 62.0 Å². The van der Waals surface area contributed by atoms with Crippen molar-refractivity contribution in [3.63, 3.8) is 0 Å². The zero-order chi connectivity index (χ0) is 20.2. The minimum atomic E-state index is -0.0769. The van der Waals surface area contributed by atoms with Gasteiger partial charge in [-0.1, -0.05) is 41.9 Å². The molecule has 1 aliphatic rings. The van der Waals surface area contributed by atoms with Crippen LogP contribution in [0.4, 0.5) is 0 Å². The molecule has 6 heteroatoms. The fourth-order valence-electron chi connectivity index (χ4n) is 4.05. The minimum absolute atomic E-state index is 0.0769. The molecular formula is C23H27ClN4O. The Morgan fingerprint density at radius 3 is 2.62 bits per heavy atom. The maximum atomic E-state index is 12.7. The van der Waals surface area contributed by atoms with Crippen molar-refractivity contribution in [1.82, 2.24) is 20.0 Å². The fourth-order valence-corrected chi connectivity index (χ4v) is 4.18. The van der Waals surface area contributed by atoms with E-state index in [1.165, 1.54) is 5.56 Å². The van der Waals surface area contributed by atoms with E-state index < -0.39 is 0 Å². The van der Waals surface area contributed by atoms with Crippen LogP contribution in [0.25, 0.3) is 10.9 Å². The molecule has 3 aromatic rings. The summed E-state index contributed by atoms with van der Waals surface area (Å²) in [6, 6.07) is 16.0.